The Labute approximate surface area is 89.7 Å². The van der Waals surface area contributed by atoms with Crippen molar-refractivity contribution in [1.29, 1.82) is 0 Å². The van der Waals surface area contributed by atoms with Gasteiger partial charge < -0.3 is 9.84 Å². The molecule has 0 saturated heterocycles. The van der Waals surface area contributed by atoms with Gasteiger partial charge in [-0.15, -0.1) is 0 Å². The fourth-order valence-electron chi connectivity index (χ4n) is 1.47. The highest BCUT2D eigenvalue weighted by molar-refractivity contribution is 5.33. The Bertz CT molecular complexity index is 312. The molecule has 1 unspecified atom stereocenters. The number of aliphatic hydroxyl groups excluding tert-OH is 1. The fraction of sp³-hybridized carbons (Fsp3) is 0.500. The maximum absolute atomic E-state index is 12.9. The van der Waals surface area contributed by atoms with Crippen molar-refractivity contribution in [1.82, 2.24) is 0 Å². The Morgan fingerprint density at radius 3 is 2.80 bits per heavy atom. The molecule has 0 saturated carbocycles. The van der Waals surface area contributed by atoms with Crippen LogP contribution in [0.2, 0.25) is 0 Å². The van der Waals surface area contributed by atoms with Crippen LogP contribution in [-0.4, -0.2) is 11.2 Å². The second kappa shape index (κ2) is 5.71. The van der Waals surface area contributed by atoms with E-state index in [0.29, 0.717) is 11.3 Å². The van der Waals surface area contributed by atoms with Crippen molar-refractivity contribution in [3.05, 3.63) is 29.6 Å². The van der Waals surface area contributed by atoms with Gasteiger partial charge in [0.25, 0.3) is 0 Å². The summed E-state index contributed by atoms with van der Waals surface area (Å²) in [6, 6.07) is 4.20. The lowest BCUT2D eigenvalue weighted by molar-refractivity contribution is 0.199. The number of hydrogen-bond donors (Lipinski definition) is 1. The highest BCUT2D eigenvalue weighted by Crippen LogP contribution is 2.21. The summed E-state index contributed by atoms with van der Waals surface area (Å²) in [5, 5.41) is 9.04. The summed E-state index contributed by atoms with van der Waals surface area (Å²) < 4.78 is 18.5. The number of hydrogen-bond acceptors (Lipinski definition) is 2. The molecule has 0 aromatic heterocycles. The molecule has 1 atom stereocenters. The van der Waals surface area contributed by atoms with Gasteiger partial charge in [0.2, 0.25) is 0 Å². The van der Waals surface area contributed by atoms with Crippen LogP contribution in [0.4, 0.5) is 4.39 Å². The van der Waals surface area contributed by atoms with Crippen molar-refractivity contribution in [2.24, 2.45) is 0 Å². The maximum Gasteiger partial charge on any atom is 0.125 e. The Kier molecular flexibility index (Phi) is 4.56. The molecule has 0 spiro atoms. The van der Waals surface area contributed by atoms with Gasteiger partial charge in [-0.3, -0.25) is 0 Å². The summed E-state index contributed by atoms with van der Waals surface area (Å²) in [6.07, 6.45) is 2.07. The van der Waals surface area contributed by atoms with Crippen LogP contribution in [0.25, 0.3) is 0 Å². The zero-order valence-electron chi connectivity index (χ0n) is 9.16. The van der Waals surface area contributed by atoms with Crippen LogP contribution < -0.4 is 4.74 Å². The normalized spacial score (nSPS) is 12.5. The maximum atomic E-state index is 12.9. The topological polar surface area (TPSA) is 29.5 Å². The Morgan fingerprint density at radius 1 is 1.47 bits per heavy atom. The number of ether oxygens (including phenoxy) is 1. The standard InChI is InChI=1S/C12H17FO2/c1-3-4-9(2)15-12-6-5-11(13)7-10(12)8-14/h5-7,9,14H,3-4,8H2,1-2H3. The lowest BCUT2D eigenvalue weighted by Crippen LogP contribution is -2.12. The largest absolute Gasteiger partial charge is 0.490 e. The number of aliphatic hydroxyl groups is 1. The predicted octanol–water partition coefficient (Wildman–Crippen LogP) is 2.89. The van der Waals surface area contributed by atoms with E-state index in [-0.39, 0.29) is 18.5 Å². The van der Waals surface area contributed by atoms with Gasteiger partial charge in [-0.25, -0.2) is 4.39 Å². The predicted molar refractivity (Wildman–Crippen MR) is 57.3 cm³/mol. The molecule has 0 bridgehead atoms. The van der Waals surface area contributed by atoms with Crippen molar-refractivity contribution in [2.75, 3.05) is 0 Å². The van der Waals surface area contributed by atoms with Crippen molar-refractivity contribution >= 4 is 0 Å². The van der Waals surface area contributed by atoms with E-state index in [1.165, 1.54) is 12.1 Å². The summed E-state index contributed by atoms with van der Waals surface area (Å²) in [5.74, 6) is 0.217. The van der Waals surface area contributed by atoms with E-state index >= 15 is 0 Å². The Hall–Kier alpha value is -1.09. The average molecular weight is 212 g/mol. The summed E-state index contributed by atoms with van der Waals surface area (Å²) in [7, 11) is 0. The van der Waals surface area contributed by atoms with Gasteiger partial charge in [0.05, 0.1) is 12.7 Å². The monoisotopic (exact) mass is 212 g/mol. The fourth-order valence-corrected chi connectivity index (χ4v) is 1.47. The molecule has 2 nitrogen and oxygen atoms in total. The molecule has 15 heavy (non-hydrogen) atoms. The van der Waals surface area contributed by atoms with Crippen molar-refractivity contribution in [3.63, 3.8) is 0 Å². The first-order valence-corrected chi connectivity index (χ1v) is 5.23. The van der Waals surface area contributed by atoms with Gasteiger partial charge in [0.1, 0.15) is 11.6 Å². The minimum Gasteiger partial charge on any atom is -0.490 e. The zero-order valence-corrected chi connectivity index (χ0v) is 9.16. The first-order valence-electron chi connectivity index (χ1n) is 5.23. The van der Waals surface area contributed by atoms with Crippen LogP contribution in [0.15, 0.2) is 18.2 Å². The highest BCUT2D eigenvalue weighted by atomic mass is 19.1. The van der Waals surface area contributed by atoms with Gasteiger partial charge in [-0.05, 0) is 31.5 Å². The van der Waals surface area contributed by atoms with Gasteiger partial charge in [0, 0.05) is 5.56 Å². The second-order valence-electron chi connectivity index (χ2n) is 3.63. The number of rotatable bonds is 5. The van der Waals surface area contributed by atoms with E-state index in [9.17, 15) is 4.39 Å². The molecule has 84 valence electrons. The lowest BCUT2D eigenvalue weighted by Gasteiger charge is -2.16. The van der Waals surface area contributed by atoms with Crippen LogP contribution in [0.1, 0.15) is 32.3 Å². The first kappa shape index (κ1) is 12.0. The van der Waals surface area contributed by atoms with E-state index in [4.69, 9.17) is 9.84 Å². The van der Waals surface area contributed by atoms with Crippen molar-refractivity contribution in [3.8, 4) is 5.75 Å². The molecule has 0 aliphatic heterocycles. The molecule has 1 aromatic rings. The third kappa shape index (κ3) is 3.51. The van der Waals surface area contributed by atoms with Gasteiger partial charge >= 0.3 is 0 Å². The lowest BCUT2D eigenvalue weighted by atomic mass is 10.2. The minimum atomic E-state index is -0.352. The van der Waals surface area contributed by atoms with E-state index < -0.39 is 0 Å². The third-order valence-electron chi connectivity index (χ3n) is 2.22. The smallest absolute Gasteiger partial charge is 0.125 e. The molecule has 0 heterocycles. The van der Waals surface area contributed by atoms with E-state index in [0.717, 1.165) is 12.8 Å². The van der Waals surface area contributed by atoms with Crippen molar-refractivity contribution < 1.29 is 14.2 Å². The molecule has 3 heteroatoms. The minimum absolute atomic E-state index is 0.0887. The molecule has 1 aromatic carbocycles. The molecule has 0 fully saturated rings. The molecule has 0 aliphatic rings. The van der Waals surface area contributed by atoms with E-state index in [1.807, 2.05) is 6.92 Å². The number of halogens is 1. The number of benzene rings is 1. The summed E-state index contributed by atoms with van der Waals surface area (Å²) >= 11 is 0. The Morgan fingerprint density at radius 2 is 2.20 bits per heavy atom. The zero-order chi connectivity index (χ0) is 11.3. The van der Waals surface area contributed by atoms with Crippen LogP contribution in [0.5, 0.6) is 5.75 Å². The Balaban J connectivity index is 2.75. The van der Waals surface area contributed by atoms with E-state index in [2.05, 4.69) is 6.92 Å². The summed E-state index contributed by atoms with van der Waals surface area (Å²) in [4.78, 5) is 0. The average Bonchev–Trinajstić information content (AvgIpc) is 2.21. The molecule has 1 N–H and O–H groups in total. The molecule has 0 amide bonds. The molecular formula is C12H17FO2. The van der Waals surface area contributed by atoms with Crippen LogP contribution in [0.3, 0.4) is 0 Å². The molecular weight excluding hydrogens is 195 g/mol. The van der Waals surface area contributed by atoms with E-state index in [1.54, 1.807) is 6.07 Å². The van der Waals surface area contributed by atoms with Crippen molar-refractivity contribution in [2.45, 2.75) is 39.4 Å². The molecule has 1 rings (SSSR count). The molecule has 0 aliphatic carbocycles. The van der Waals surface area contributed by atoms with Crippen LogP contribution in [-0.2, 0) is 6.61 Å². The quantitative estimate of drug-likeness (QED) is 0.813. The van der Waals surface area contributed by atoms with Crippen LogP contribution >= 0.6 is 0 Å². The highest BCUT2D eigenvalue weighted by Gasteiger charge is 2.08. The SMILES string of the molecule is CCCC(C)Oc1ccc(F)cc1CO. The first-order chi connectivity index (χ1) is 7.17. The van der Waals surface area contributed by atoms with Gasteiger partial charge in [-0.2, -0.15) is 0 Å². The summed E-state index contributed by atoms with van der Waals surface area (Å²) in [5.41, 5.74) is 0.498. The van der Waals surface area contributed by atoms with Crippen LogP contribution in [0, 0.1) is 5.82 Å². The van der Waals surface area contributed by atoms with Gasteiger partial charge in [-0.1, -0.05) is 13.3 Å². The third-order valence-corrected chi connectivity index (χ3v) is 2.22. The van der Waals surface area contributed by atoms with Gasteiger partial charge in [0.15, 0.2) is 0 Å². The second-order valence-corrected chi connectivity index (χ2v) is 3.63. The molecule has 0 radical (unpaired) electrons. The summed E-state index contributed by atoms with van der Waals surface area (Å²) in [6.45, 7) is 3.84.